The molecule has 0 radical (unpaired) electrons. The van der Waals surface area contributed by atoms with Gasteiger partial charge in [-0.3, -0.25) is 20.4 Å². The SMILES string of the molecule is COc1cc(C(=O)NNC(=O)C(C)OCC2CCCO2)ccc1OCCC(C)C. The van der Waals surface area contributed by atoms with Crippen LogP contribution in [-0.4, -0.2) is 51.0 Å². The number of nitrogens with one attached hydrogen (secondary N) is 2. The van der Waals surface area contributed by atoms with Crippen LogP contribution in [-0.2, 0) is 14.3 Å². The molecular weight excluding hydrogens is 376 g/mol. The van der Waals surface area contributed by atoms with E-state index in [4.69, 9.17) is 18.9 Å². The number of carbonyl (C=O) groups is 2. The van der Waals surface area contributed by atoms with E-state index < -0.39 is 17.9 Å². The molecule has 1 aromatic rings. The van der Waals surface area contributed by atoms with Gasteiger partial charge in [-0.15, -0.1) is 0 Å². The molecule has 1 aromatic carbocycles. The lowest BCUT2D eigenvalue weighted by atomic mass is 10.1. The van der Waals surface area contributed by atoms with Crippen molar-refractivity contribution in [3.8, 4) is 11.5 Å². The molecule has 0 aromatic heterocycles. The van der Waals surface area contributed by atoms with Crippen LogP contribution in [0, 0.1) is 5.92 Å². The first-order valence-electron chi connectivity index (χ1n) is 10.0. The largest absolute Gasteiger partial charge is 0.493 e. The maximum atomic E-state index is 12.3. The van der Waals surface area contributed by atoms with Gasteiger partial charge in [-0.25, -0.2) is 0 Å². The quantitative estimate of drug-likeness (QED) is 0.578. The first-order valence-corrected chi connectivity index (χ1v) is 10.0. The molecule has 29 heavy (non-hydrogen) atoms. The number of hydrazine groups is 1. The number of hydrogen-bond acceptors (Lipinski definition) is 6. The molecule has 0 saturated carbocycles. The van der Waals surface area contributed by atoms with Gasteiger partial charge >= 0.3 is 0 Å². The second kappa shape index (κ2) is 11.6. The average Bonchev–Trinajstić information content (AvgIpc) is 3.23. The van der Waals surface area contributed by atoms with E-state index in [1.54, 1.807) is 25.1 Å². The van der Waals surface area contributed by atoms with E-state index in [9.17, 15) is 9.59 Å². The molecular formula is C21H32N2O6. The minimum Gasteiger partial charge on any atom is -0.493 e. The third-order valence-corrected chi connectivity index (χ3v) is 4.60. The molecule has 2 atom stereocenters. The third kappa shape index (κ3) is 7.55. The summed E-state index contributed by atoms with van der Waals surface area (Å²) in [5.41, 5.74) is 5.11. The highest BCUT2D eigenvalue weighted by molar-refractivity contribution is 5.96. The Kier molecular flexibility index (Phi) is 9.21. The highest BCUT2D eigenvalue weighted by Crippen LogP contribution is 2.28. The Bertz CT molecular complexity index is 673. The Labute approximate surface area is 172 Å². The maximum absolute atomic E-state index is 12.3. The first kappa shape index (κ1) is 23.0. The van der Waals surface area contributed by atoms with Crippen molar-refractivity contribution in [2.24, 2.45) is 5.92 Å². The molecule has 1 heterocycles. The summed E-state index contributed by atoms with van der Waals surface area (Å²) in [6.45, 7) is 7.53. The summed E-state index contributed by atoms with van der Waals surface area (Å²) in [5, 5.41) is 0. The Morgan fingerprint density at radius 1 is 1.21 bits per heavy atom. The van der Waals surface area contributed by atoms with Gasteiger partial charge in [0.15, 0.2) is 11.5 Å². The Hall–Kier alpha value is -2.32. The number of amides is 2. The van der Waals surface area contributed by atoms with Crippen LogP contribution in [0.2, 0.25) is 0 Å². The van der Waals surface area contributed by atoms with E-state index in [1.165, 1.54) is 7.11 Å². The van der Waals surface area contributed by atoms with E-state index in [2.05, 4.69) is 24.7 Å². The molecule has 2 rings (SSSR count). The lowest BCUT2D eigenvalue weighted by molar-refractivity contribution is -0.134. The topological polar surface area (TPSA) is 95.1 Å². The van der Waals surface area contributed by atoms with E-state index in [1.807, 2.05) is 0 Å². The summed E-state index contributed by atoms with van der Waals surface area (Å²) in [5.74, 6) is 0.672. The van der Waals surface area contributed by atoms with Crippen LogP contribution < -0.4 is 20.3 Å². The van der Waals surface area contributed by atoms with E-state index in [0.717, 1.165) is 25.9 Å². The summed E-state index contributed by atoms with van der Waals surface area (Å²) in [6.07, 6.45) is 2.20. The number of hydrogen-bond donors (Lipinski definition) is 2. The molecule has 8 heteroatoms. The fraction of sp³-hybridized carbons (Fsp3) is 0.619. The number of carbonyl (C=O) groups excluding carboxylic acids is 2. The number of benzene rings is 1. The summed E-state index contributed by atoms with van der Waals surface area (Å²) in [6, 6.07) is 4.87. The standard InChI is InChI=1S/C21H32N2O6/c1-14(2)9-11-28-18-8-7-16(12-19(18)26-4)21(25)23-22-20(24)15(3)29-13-17-6-5-10-27-17/h7-8,12,14-15,17H,5-6,9-11,13H2,1-4H3,(H,22,24)(H,23,25). The van der Waals surface area contributed by atoms with E-state index in [0.29, 0.717) is 36.2 Å². The van der Waals surface area contributed by atoms with Crippen molar-refractivity contribution in [1.29, 1.82) is 0 Å². The molecule has 162 valence electrons. The molecule has 2 amide bonds. The summed E-state index contributed by atoms with van der Waals surface area (Å²) < 4.78 is 22.0. The number of rotatable bonds is 10. The second-order valence-electron chi connectivity index (χ2n) is 7.45. The molecule has 0 spiro atoms. The lowest BCUT2D eigenvalue weighted by Crippen LogP contribution is -2.46. The van der Waals surface area contributed by atoms with E-state index >= 15 is 0 Å². The predicted octanol–water partition coefficient (Wildman–Crippen LogP) is 2.47. The molecule has 1 aliphatic heterocycles. The molecule has 2 unspecified atom stereocenters. The maximum Gasteiger partial charge on any atom is 0.269 e. The molecule has 8 nitrogen and oxygen atoms in total. The second-order valence-corrected chi connectivity index (χ2v) is 7.45. The Morgan fingerprint density at radius 2 is 2.00 bits per heavy atom. The van der Waals surface area contributed by atoms with Crippen molar-refractivity contribution >= 4 is 11.8 Å². The molecule has 0 bridgehead atoms. The molecule has 2 N–H and O–H groups in total. The predicted molar refractivity (Wildman–Crippen MR) is 108 cm³/mol. The Morgan fingerprint density at radius 3 is 2.66 bits per heavy atom. The fourth-order valence-corrected chi connectivity index (χ4v) is 2.73. The fourth-order valence-electron chi connectivity index (χ4n) is 2.73. The van der Waals surface area contributed by atoms with Gasteiger partial charge in [-0.1, -0.05) is 13.8 Å². The van der Waals surface area contributed by atoms with Crippen molar-refractivity contribution in [2.75, 3.05) is 26.9 Å². The minimum absolute atomic E-state index is 0.0357. The van der Waals surface area contributed by atoms with Crippen LogP contribution in [0.15, 0.2) is 18.2 Å². The molecule has 1 aliphatic rings. The van der Waals surface area contributed by atoms with Crippen molar-refractivity contribution in [1.82, 2.24) is 10.9 Å². The van der Waals surface area contributed by atoms with Gasteiger partial charge in [0.25, 0.3) is 11.8 Å². The number of methoxy groups -OCH3 is 1. The third-order valence-electron chi connectivity index (χ3n) is 4.60. The Balaban J connectivity index is 1.81. The smallest absolute Gasteiger partial charge is 0.269 e. The zero-order chi connectivity index (χ0) is 21.2. The first-order chi connectivity index (χ1) is 13.9. The van der Waals surface area contributed by atoms with Crippen LogP contribution in [0.4, 0.5) is 0 Å². The van der Waals surface area contributed by atoms with Gasteiger partial charge in [-0.2, -0.15) is 0 Å². The highest BCUT2D eigenvalue weighted by atomic mass is 16.5. The molecule has 1 saturated heterocycles. The molecule has 0 aliphatic carbocycles. The minimum atomic E-state index is -0.703. The normalized spacial score (nSPS) is 17.1. The van der Waals surface area contributed by atoms with Crippen LogP contribution in [0.1, 0.15) is 50.4 Å². The monoisotopic (exact) mass is 408 g/mol. The summed E-state index contributed by atoms with van der Waals surface area (Å²) >= 11 is 0. The van der Waals surface area contributed by atoms with Gasteiger partial charge in [0, 0.05) is 12.2 Å². The van der Waals surface area contributed by atoms with Crippen LogP contribution in [0.5, 0.6) is 11.5 Å². The van der Waals surface area contributed by atoms with E-state index in [-0.39, 0.29) is 6.10 Å². The van der Waals surface area contributed by atoms with Crippen molar-refractivity contribution in [3.63, 3.8) is 0 Å². The van der Waals surface area contributed by atoms with Gasteiger partial charge in [0.05, 0.1) is 26.4 Å². The van der Waals surface area contributed by atoms with Gasteiger partial charge in [0.1, 0.15) is 6.10 Å². The van der Waals surface area contributed by atoms with Crippen molar-refractivity contribution in [3.05, 3.63) is 23.8 Å². The van der Waals surface area contributed by atoms with Crippen molar-refractivity contribution < 1.29 is 28.5 Å². The van der Waals surface area contributed by atoms with Gasteiger partial charge in [-0.05, 0) is 50.3 Å². The lowest BCUT2D eigenvalue weighted by Gasteiger charge is -2.17. The average molecular weight is 408 g/mol. The number of ether oxygens (including phenoxy) is 4. The van der Waals surface area contributed by atoms with Crippen LogP contribution in [0.25, 0.3) is 0 Å². The zero-order valence-corrected chi connectivity index (χ0v) is 17.7. The summed E-state index contributed by atoms with van der Waals surface area (Å²) in [4.78, 5) is 24.4. The highest BCUT2D eigenvalue weighted by Gasteiger charge is 2.20. The van der Waals surface area contributed by atoms with Gasteiger partial charge < -0.3 is 18.9 Å². The van der Waals surface area contributed by atoms with Gasteiger partial charge in [0.2, 0.25) is 0 Å². The summed E-state index contributed by atoms with van der Waals surface area (Å²) in [7, 11) is 1.52. The van der Waals surface area contributed by atoms with Crippen LogP contribution >= 0.6 is 0 Å². The van der Waals surface area contributed by atoms with Crippen LogP contribution in [0.3, 0.4) is 0 Å². The molecule has 1 fully saturated rings. The zero-order valence-electron chi connectivity index (χ0n) is 17.7. The van der Waals surface area contributed by atoms with Crippen molar-refractivity contribution in [2.45, 2.75) is 52.2 Å².